The maximum atomic E-state index is 12.2. The largest absolute Gasteiger partial charge is 0.466 e. The molecule has 0 amide bonds. The van der Waals surface area contributed by atoms with Gasteiger partial charge in [-0.1, -0.05) is 24.3 Å². The summed E-state index contributed by atoms with van der Waals surface area (Å²) in [5.74, 6) is -0.482. The first-order valence-corrected chi connectivity index (χ1v) is 9.61. The highest BCUT2D eigenvalue weighted by Crippen LogP contribution is 2.33. The standard InChI is InChI=1S/C21H22N2O2S/c1-13-11-18(20(14(2)23-13)21(24)25-3)16-7-10-19(22-12-16)15-5-8-17(26-4)9-6-15/h5-12,18,23H,1-4H3. The summed E-state index contributed by atoms with van der Waals surface area (Å²) in [5, 5.41) is 3.21. The summed E-state index contributed by atoms with van der Waals surface area (Å²) in [5.41, 5.74) is 5.41. The Kier molecular flexibility index (Phi) is 5.47. The van der Waals surface area contributed by atoms with Gasteiger partial charge in [0, 0.05) is 34.0 Å². The van der Waals surface area contributed by atoms with Crippen molar-refractivity contribution in [3.8, 4) is 11.3 Å². The summed E-state index contributed by atoms with van der Waals surface area (Å²) in [4.78, 5) is 18.1. The molecule has 1 aromatic heterocycles. The van der Waals surface area contributed by atoms with Gasteiger partial charge >= 0.3 is 5.97 Å². The SMILES string of the molecule is COC(=O)C1=C(C)NC(C)=CC1c1ccc(-c2ccc(SC)cc2)nc1. The second-order valence-electron chi connectivity index (χ2n) is 6.19. The minimum atomic E-state index is -0.319. The zero-order chi connectivity index (χ0) is 18.7. The Morgan fingerprint density at radius 1 is 1.15 bits per heavy atom. The second kappa shape index (κ2) is 7.79. The van der Waals surface area contributed by atoms with Gasteiger partial charge in [-0.2, -0.15) is 0 Å². The molecular weight excluding hydrogens is 344 g/mol. The third-order valence-electron chi connectivity index (χ3n) is 4.45. The van der Waals surface area contributed by atoms with Crippen LogP contribution in [0.3, 0.4) is 0 Å². The molecule has 1 aliphatic rings. The third kappa shape index (κ3) is 3.68. The van der Waals surface area contributed by atoms with Crippen molar-refractivity contribution < 1.29 is 9.53 Å². The van der Waals surface area contributed by atoms with Gasteiger partial charge in [0.2, 0.25) is 0 Å². The predicted molar refractivity (Wildman–Crippen MR) is 106 cm³/mol. The number of hydrogen-bond donors (Lipinski definition) is 1. The summed E-state index contributed by atoms with van der Waals surface area (Å²) < 4.78 is 4.97. The Morgan fingerprint density at radius 3 is 2.46 bits per heavy atom. The number of thioether (sulfide) groups is 1. The number of benzene rings is 1. The lowest BCUT2D eigenvalue weighted by Gasteiger charge is -2.25. The number of pyridine rings is 1. The number of allylic oxidation sites excluding steroid dienone is 3. The maximum absolute atomic E-state index is 12.2. The highest BCUT2D eigenvalue weighted by molar-refractivity contribution is 7.98. The number of rotatable bonds is 4. The van der Waals surface area contributed by atoms with E-state index in [0.29, 0.717) is 5.57 Å². The monoisotopic (exact) mass is 366 g/mol. The van der Waals surface area contributed by atoms with Crippen molar-refractivity contribution >= 4 is 17.7 Å². The molecule has 1 N–H and O–H groups in total. The number of methoxy groups -OCH3 is 1. The van der Waals surface area contributed by atoms with Gasteiger partial charge in [0.05, 0.1) is 18.4 Å². The van der Waals surface area contributed by atoms with Crippen LogP contribution < -0.4 is 5.32 Å². The van der Waals surface area contributed by atoms with Crippen LogP contribution in [0.25, 0.3) is 11.3 Å². The molecule has 5 heteroatoms. The van der Waals surface area contributed by atoms with Crippen LogP contribution in [0, 0.1) is 0 Å². The van der Waals surface area contributed by atoms with E-state index >= 15 is 0 Å². The number of nitrogens with zero attached hydrogens (tertiary/aromatic N) is 1. The Bertz CT molecular complexity index is 868. The van der Waals surface area contributed by atoms with E-state index in [1.54, 1.807) is 11.8 Å². The van der Waals surface area contributed by atoms with Gasteiger partial charge in [0.1, 0.15) is 0 Å². The summed E-state index contributed by atoms with van der Waals surface area (Å²) in [6.45, 7) is 3.88. The number of dihydropyridines is 1. The second-order valence-corrected chi connectivity index (χ2v) is 7.07. The molecule has 2 heterocycles. The van der Waals surface area contributed by atoms with E-state index in [0.717, 1.165) is 28.2 Å². The molecule has 0 spiro atoms. The van der Waals surface area contributed by atoms with E-state index in [1.165, 1.54) is 12.0 Å². The molecule has 0 bridgehead atoms. The Hall–Kier alpha value is -2.53. The molecule has 0 saturated carbocycles. The molecule has 3 rings (SSSR count). The zero-order valence-corrected chi connectivity index (χ0v) is 16.2. The molecule has 0 saturated heterocycles. The average Bonchev–Trinajstić information content (AvgIpc) is 2.67. The quantitative estimate of drug-likeness (QED) is 0.637. The normalized spacial score (nSPS) is 16.8. The first-order chi connectivity index (χ1) is 12.5. The number of hydrogen-bond acceptors (Lipinski definition) is 5. The Morgan fingerprint density at radius 2 is 1.88 bits per heavy atom. The number of nitrogens with one attached hydrogen (secondary N) is 1. The van der Waals surface area contributed by atoms with E-state index in [2.05, 4.69) is 40.8 Å². The van der Waals surface area contributed by atoms with Gasteiger partial charge in [-0.3, -0.25) is 4.98 Å². The number of carbonyl (C=O) groups excluding carboxylic acids is 1. The molecule has 0 aliphatic carbocycles. The molecule has 1 aromatic carbocycles. The fraction of sp³-hybridized carbons (Fsp3) is 0.238. The minimum absolute atomic E-state index is 0.163. The van der Waals surface area contributed by atoms with Crippen LogP contribution in [0.15, 0.2) is 70.5 Å². The summed E-state index contributed by atoms with van der Waals surface area (Å²) >= 11 is 1.72. The fourth-order valence-electron chi connectivity index (χ4n) is 3.15. The Balaban J connectivity index is 1.93. The molecular formula is C21H22N2O2S. The lowest BCUT2D eigenvalue weighted by molar-refractivity contribution is -0.136. The minimum Gasteiger partial charge on any atom is -0.466 e. The van der Waals surface area contributed by atoms with E-state index < -0.39 is 0 Å². The lowest BCUT2D eigenvalue weighted by Crippen LogP contribution is -2.25. The predicted octanol–water partition coefficient (Wildman–Crippen LogP) is 4.51. The molecule has 2 aromatic rings. The summed E-state index contributed by atoms with van der Waals surface area (Å²) in [7, 11) is 1.41. The van der Waals surface area contributed by atoms with Crippen LogP contribution in [-0.2, 0) is 9.53 Å². The van der Waals surface area contributed by atoms with E-state index in [1.807, 2.05) is 38.3 Å². The average molecular weight is 366 g/mol. The van der Waals surface area contributed by atoms with Crippen LogP contribution in [0.5, 0.6) is 0 Å². The zero-order valence-electron chi connectivity index (χ0n) is 15.4. The number of carbonyl (C=O) groups is 1. The van der Waals surface area contributed by atoms with Crippen molar-refractivity contribution in [1.29, 1.82) is 0 Å². The van der Waals surface area contributed by atoms with Gasteiger partial charge in [-0.15, -0.1) is 11.8 Å². The van der Waals surface area contributed by atoms with Crippen molar-refractivity contribution in [3.63, 3.8) is 0 Å². The fourth-order valence-corrected chi connectivity index (χ4v) is 3.55. The van der Waals surface area contributed by atoms with Crippen LogP contribution in [0.1, 0.15) is 25.3 Å². The molecule has 1 aliphatic heterocycles. The highest BCUT2D eigenvalue weighted by atomic mass is 32.2. The Labute approximate surface area is 158 Å². The molecule has 134 valence electrons. The van der Waals surface area contributed by atoms with Gasteiger partial charge < -0.3 is 10.1 Å². The summed E-state index contributed by atoms with van der Waals surface area (Å²) in [6.07, 6.45) is 5.93. The van der Waals surface area contributed by atoms with Crippen LogP contribution in [0.2, 0.25) is 0 Å². The first kappa shape index (κ1) is 18.3. The van der Waals surface area contributed by atoms with Crippen LogP contribution in [0.4, 0.5) is 0 Å². The molecule has 1 atom stereocenters. The molecule has 26 heavy (non-hydrogen) atoms. The number of aromatic nitrogens is 1. The van der Waals surface area contributed by atoms with Crippen molar-refractivity contribution in [3.05, 3.63) is 71.2 Å². The van der Waals surface area contributed by atoms with Crippen molar-refractivity contribution in [2.45, 2.75) is 24.7 Å². The van der Waals surface area contributed by atoms with Crippen molar-refractivity contribution in [2.24, 2.45) is 0 Å². The molecule has 0 fully saturated rings. The van der Waals surface area contributed by atoms with Crippen molar-refractivity contribution in [2.75, 3.05) is 13.4 Å². The third-order valence-corrected chi connectivity index (χ3v) is 5.20. The molecule has 1 unspecified atom stereocenters. The number of esters is 1. The first-order valence-electron chi connectivity index (χ1n) is 8.38. The van der Waals surface area contributed by atoms with Gasteiger partial charge in [0.15, 0.2) is 0 Å². The maximum Gasteiger partial charge on any atom is 0.336 e. The smallest absolute Gasteiger partial charge is 0.336 e. The van der Waals surface area contributed by atoms with E-state index in [4.69, 9.17) is 4.74 Å². The lowest BCUT2D eigenvalue weighted by atomic mass is 9.87. The number of ether oxygens (including phenoxy) is 1. The van der Waals surface area contributed by atoms with Crippen LogP contribution >= 0.6 is 11.8 Å². The molecule has 0 radical (unpaired) electrons. The molecule has 4 nitrogen and oxygen atoms in total. The topological polar surface area (TPSA) is 51.2 Å². The van der Waals surface area contributed by atoms with Crippen molar-refractivity contribution in [1.82, 2.24) is 10.3 Å². The summed E-state index contributed by atoms with van der Waals surface area (Å²) in [6, 6.07) is 12.4. The van der Waals surface area contributed by atoms with Gasteiger partial charge in [0.25, 0.3) is 0 Å². The van der Waals surface area contributed by atoms with E-state index in [9.17, 15) is 4.79 Å². The van der Waals surface area contributed by atoms with Gasteiger partial charge in [-0.05, 0) is 43.9 Å². The van der Waals surface area contributed by atoms with Gasteiger partial charge in [-0.25, -0.2) is 4.79 Å². The van der Waals surface area contributed by atoms with E-state index in [-0.39, 0.29) is 11.9 Å². The highest BCUT2D eigenvalue weighted by Gasteiger charge is 2.27. The van der Waals surface area contributed by atoms with Crippen LogP contribution in [-0.4, -0.2) is 24.3 Å².